The van der Waals surface area contributed by atoms with E-state index in [0.29, 0.717) is 31.0 Å². The van der Waals surface area contributed by atoms with Gasteiger partial charge in [0, 0.05) is 32.1 Å². The summed E-state index contributed by atoms with van der Waals surface area (Å²) in [6.07, 6.45) is 2.29. The number of hydrogen-bond acceptors (Lipinski definition) is 5. The van der Waals surface area contributed by atoms with Crippen molar-refractivity contribution in [2.75, 3.05) is 46.4 Å². The molecule has 0 heterocycles. The van der Waals surface area contributed by atoms with E-state index >= 15 is 0 Å². The summed E-state index contributed by atoms with van der Waals surface area (Å²) in [5.41, 5.74) is 0. The Labute approximate surface area is 168 Å². The van der Waals surface area contributed by atoms with Gasteiger partial charge in [-0.25, -0.2) is 0 Å². The molecule has 7 nitrogen and oxygen atoms in total. The zero-order chi connectivity index (χ0) is 20.4. The lowest BCUT2D eigenvalue weighted by Crippen LogP contribution is -2.40. The summed E-state index contributed by atoms with van der Waals surface area (Å²) in [4.78, 5) is 28.8. The van der Waals surface area contributed by atoms with Crippen molar-refractivity contribution in [2.24, 2.45) is 0 Å². The number of para-hydroxylation sites is 2. The normalized spacial score (nSPS) is 13.3. The second-order valence-corrected chi connectivity index (χ2v) is 6.88. The number of nitrogens with one attached hydrogen (secondary N) is 1. The molecular formula is C21H33N3O4. The Balaban J connectivity index is 1.76. The molecule has 0 unspecified atom stereocenters. The predicted molar refractivity (Wildman–Crippen MR) is 109 cm³/mol. The number of ether oxygens (including phenoxy) is 2. The van der Waals surface area contributed by atoms with Crippen molar-refractivity contribution in [3.63, 3.8) is 0 Å². The van der Waals surface area contributed by atoms with Crippen LogP contribution in [0.4, 0.5) is 0 Å². The number of carbonyl (C=O) groups is 2. The van der Waals surface area contributed by atoms with Gasteiger partial charge in [0.15, 0.2) is 18.1 Å². The first-order valence-electron chi connectivity index (χ1n) is 10.1. The smallest absolute Gasteiger partial charge is 0.260 e. The number of nitrogens with zero attached hydrogens (tertiary/aromatic N) is 2. The zero-order valence-corrected chi connectivity index (χ0v) is 17.3. The maximum absolute atomic E-state index is 12.6. The highest BCUT2D eigenvalue weighted by atomic mass is 16.5. The second-order valence-electron chi connectivity index (χ2n) is 6.88. The first-order chi connectivity index (χ1) is 13.6. The van der Waals surface area contributed by atoms with E-state index in [2.05, 4.69) is 24.1 Å². The van der Waals surface area contributed by atoms with Gasteiger partial charge in [0.25, 0.3) is 5.91 Å². The molecule has 0 atom stereocenters. The van der Waals surface area contributed by atoms with Gasteiger partial charge < -0.3 is 24.6 Å². The van der Waals surface area contributed by atoms with Gasteiger partial charge in [-0.2, -0.15) is 0 Å². The largest absolute Gasteiger partial charge is 0.493 e. The molecular weight excluding hydrogens is 358 g/mol. The van der Waals surface area contributed by atoms with E-state index in [1.807, 2.05) is 12.1 Å². The van der Waals surface area contributed by atoms with Gasteiger partial charge in [-0.3, -0.25) is 9.59 Å². The van der Waals surface area contributed by atoms with Crippen molar-refractivity contribution in [3.8, 4) is 11.5 Å². The highest BCUT2D eigenvalue weighted by Crippen LogP contribution is 2.28. The summed E-state index contributed by atoms with van der Waals surface area (Å²) in [7, 11) is 1.57. The van der Waals surface area contributed by atoms with Gasteiger partial charge in [0.05, 0.1) is 7.11 Å². The second kappa shape index (κ2) is 11.5. The molecule has 1 saturated carbocycles. The molecule has 1 N–H and O–H groups in total. The molecule has 28 heavy (non-hydrogen) atoms. The fourth-order valence-corrected chi connectivity index (χ4v) is 3.06. The maximum Gasteiger partial charge on any atom is 0.260 e. The number of methoxy groups -OCH3 is 1. The van der Waals surface area contributed by atoms with Crippen LogP contribution in [0.15, 0.2) is 24.3 Å². The quantitative estimate of drug-likeness (QED) is 0.556. The van der Waals surface area contributed by atoms with Crippen LogP contribution in [-0.2, 0) is 9.59 Å². The Morgan fingerprint density at radius 1 is 1.11 bits per heavy atom. The van der Waals surface area contributed by atoms with E-state index in [1.165, 1.54) is 0 Å². The first-order valence-corrected chi connectivity index (χ1v) is 10.1. The van der Waals surface area contributed by atoms with Crippen molar-refractivity contribution in [3.05, 3.63) is 24.3 Å². The molecule has 156 valence electrons. The van der Waals surface area contributed by atoms with Crippen molar-refractivity contribution < 1.29 is 19.1 Å². The molecule has 0 aliphatic heterocycles. The molecule has 2 amide bonds. The van der Waals surface area contributed by atoms with E-state index in [-0.39, 0.29) is 24.5 Å². The molecule has 2 rings (SSSR count). The third-order valence-corrected chi connectivity index (χ3v) is 4.95. The topological polar surface area (TPSA) is 71.1 Å². The Kier molecular flexibility index (Phi) is 9.07. The predicted octanol–water partition coefficient (Wildman–Crippen LogP) is 1.91. The lowest BCUT2D eigenvalue weighted by atomic mass is 10.3. The van der Waals surface area contributed by atoms with Gasteiger partial charge in [-0.15, -0.1) is 0 Å². The molecule has 0 saturated heterocycles. The maximum atomic E-state index is 12.6. The Morgan fingerprint density at radius 3 is 2.39 bits per heavy atom. The number of benzene rings is 1. The third kappa shape index (κ3) is 7.03. The summed E-state index contributed by atoms with van der Waals surface area (Å²) in [6, 6.07) is 7.49. The van der Waals surface area contributed by atoms with Gasteiger partial charge in [-0.1, -0.05) is 26.0 Å². The standard InChI is InChI=1S/C21H33N3O4/c1-4-23(5-2)15-13-22-20(25)12-14-24(17-10-11-17)21(26)16-28-19-9-7-6-8-18(19)27-3/h6-9,17H,4-5,10-16H2,1-3H3,(H,22,25). The van der Waals surface area contributed by atoms with Crippen LogP contribution in [0.2, 0.25) is 0 Å². The van der Waals surface area contributed by atoms with Crippen LogP contribution < -0.4 is 14.8 Å². The van der Waals surface area contributed by atoms with Crippen molar-refractivity contribution in [2.45, 2.75) is 39.2 Å². The Bertz CT molecular complexity index is 630. The average molecular weight is 392 g/mol. The molecule has 1 fully saturated rings. The van der Waals surface area contributed by atoms with Gasteiger partial charge in [-0.05, 0) is 38.1 Å². The minimum absolute atomic E-state index is 0.0174. The van der Waals surface area contributed by atoms with E-state index in [1.54, 1.807) is 24.1 Å². The highest BCUT2D eigenvalue weighted by Gasteiger charge is 2.32. The number of rotatable bonds is 13. The lowest BCUT2D eigenvalue weighted by Gasteiger charge is -2.23. The molecule has 1 aliphatic rings. The molecule has 0 spiro atoms. The molecule has 1 aromatic rings. The Morgan fingerprint density at radius 2 is 1.79 bits per heavy atom. The summed E-state index contributed by atoms with van der Waals surface area (Å²) in [5, 5.41) is 2.94. The fourth-order valence-electron chi connectivity index (χ4n) is 3.06. The van der Waals surface area contributed by atoms with Crippen LogP contribution >= 0.6 is 0 Å². The molecule has 7 heteroatoms. The monoisotopic (exact) mass is 391 g/mol. The highest BCUT2D eigenvalue weighted by molar-refractivity contribution is 5.80. The van der Waals surface area contributed by atoms with E-state index in [9.17, 15) is 9.59 Å². The fraction of sp³-hybridized carbons (Fsp3) is 0.619. The molecule has 1 aromatic carbocycles. The van der Waals surface area contributed by atoms with Gasteiger partial charge in [0.2, 0.25) is 5.91 Å². The lowest BCUT2D eigenvalue weighted by molar-refractivity contribution is -0.134. The summed E-state index contributed by atoms with van der Waals surface area (Å²) < 4.78 is 10.9. The Hall–Kier alpha value is -2.28. The zero-order valence-electron chi connectivity index (χ0n) is 17.3. The SMILES string of the molecule is CCN(CC)CCNC(=O)CCN(C(=O)COc1ccccc1OC)C1CC1. The summed E-state index contributed by atoms with van der Waals surface area (Å²) in [6.45, 7) is 8.02. The van der Waals surface area contributed by atoms with Gasteiger partial charge >= 0.3 is 0 Å². The van der Waals surface area contributed by atoms with Crippen molar-refractivity contribution in [1.82, 2.24) is 15.1 Å². The number of likely N-dealkylation sites (N-methyl/N-ethyl adjacent to an activating group) is 1. The number of amides is 2. The van der Waals surface area contributed by atoms with E-state index in [0.717, 1.165) is 32.5 Å². The van der Waals surface area contributed by atoms with E-state index < -0.39 is 0 Å². The average Bonchev–Trinajstić information content (AvgIpc) is 3.55. The van der Waals surface area contributed by atoms with Crippen molar-refractivity contribution in [1.29, 1.82) is 0 Å². The van der Waals surface area contributed by atoms with Crippen LogP contribution in [0, 0.1) is 0 Å². The molecule has 0 aromatic heterocycles. The van der Waals surface area contributed by atoms with Crippen LogP contribution in [0.25, 0.3) is 0 Å². The summed E-state index contributed by atoms with van der Waals surface area (Å²) >= 11 is 0. The van der Waals surface area contributed by atoms with Gasteiger partial charge in [0.1, 0.15) is 0 Å². The first kappa shape index (κ1) is 22.0. The summed E-state index contributed by atoms with van der Waals surface area (Å²) in [5.74, 6) is 1.03. The number of hydrogen-bond donors (Lipinski definition) is 1. The molecule has 0 bridgehead atoms. The minimum Gasteiger partial charge on any atom is -0.493 e. The van der Waals surface area contributed by atoms with Crippen molar-refractivity contribution >= 4 is 11.8 Å². The molecule has 1 aliphatic carbocycles. The molecule has 0 radical (unpaired) electrons. The van der Waals surface area contributed by atoms with E-state index in [4.69, 9.17) is 9.47 Å². The van der Waals surface area contributed by atoms with Crippen LogP contribution in [0.3, 0.4) is 0 Å². The minimum atomic E-state index is -0.0932. The van der Waals surface area contributed by atoms with Crippen LogP contribution in [0.1, 0.15) is 33.1 Å². The van der Waals surface area contributed by atoms with Crippen LogP contribution in [-0.4, -0.2) is 74.1 Å². The van der Waals surface area contributed by atoms with Crippen LogP contribution in [0.5, 0.6) is 11.5 Å². The third-order valence-electron chi connectivity index (χ3n) is 4.95. The number of carbonyl (C=O) groups excluding carboxylic acids is 2.